The van der Waals surface area contributed by atoms with Crippen molar-refractivity contribution < 1.29 is 0 Å². The molecule has 0 spiro atoms. The van der Waals surface area contributed by atoms with Crippen LogP contribution in [0, 0.1) is 11.3 Å². The molecule has 0 rings (SSSR count). The fourth-order valence-corrected chi connectivity index (χ4v) is 0.872. The molecule has 0 heterocycles. The van der Waals surface area contributed by atoms with E-state index in [-0.39, 0.29) is 0 Å². The number of hydrogen-bond acceptors (Lipinski definition) is 1. The van der Waals surface area contributed by atoms with E-state index in [0.29, 0.717) is 0 Å². The van der Waals surface area contributed by atoms with Crippen LogP contribution >= 0.6 is 0 Å². The molecule has 0 fully saturated rings. The molecule has 1 atom stereocenters. The molecule has 0 aliphatic rings. The van der Waals surface area contributed by atoms with Gasteiger partial charge in [-0.1, -0.05) is 33.1 Å². The van der Waals surface area contributed by atoms with Crippen molar-refractivity contribution in [3.63, 3.8) is 0 Å². The Bertz CT molecular complexity index is 69.0. The maximum Gasteiger partial charge on any atom is -0.00451 e. The molecule has 1 heteroatoms. The molecule has 1 nitrogen and oxygen atoms in total. The summed E-state index contributed by atoms with van der Waals surface area (Å²) in [6.45, 7) is 4.41. The summed E-state index contributed by atoms with van der Waals surface area (Å²) in [6.07, 6.45) is 6.35. The summed E-state index contributed by atoms with van der Waals surface area (Å²) in [5.74, 6) is 0.724. The lowest BCUT2D eigenvalue weighted by Crippen LogP contribution is -1.93. The van der Waals surface area contributed by atoms with Crippen LogP contribution in [0.15, 0.2) is 0 Å². The summed E-state index contributed by atoms with van der Waals surface area (Å²) in [4.78, 5) is 0. The van der Waals surface area contributed by atoms with Gasteiger partial charge in [-0.15, -0.1) is 0 Å². The van der Waals surface area contributed by atoms with Crippen molar-refractivity contribution in [1.29, 1.82) is 5.41 Å². The van der Waals surface area contributed by atoms with Crippen LogP contribution in [-0.4, -0.2) is 6.21 Å². The highest BCUT2D eigenvalue weighted by molar-refractivity contribution is 5.52. The second-order valence-electron chi connectivity index (χ2n) is 2.69. The van der Waals surface area contributed by atoms with Gasteiger partial charge in [-0.2, -0.15) is 0 Å². The van der Waals surface area contributed by atoms with Crippen molar-refractivity contribution >= 4 is 6.21 Å². The first kappa shape index (κ1) is 8.67. The highest BCUT2D eigenvalue weighted by atomic mass is 14.3. The third-order valence-electron chi connectivity index (χ3n) is 1.57. The van der Waals surface area contributed by atoms with E-state index in [2.05, 4.69) is 13.8 Å². The molecular weight excluding hydrogens is 110 g/mol. The molecule has 1 N–H and O–H groups in total. The van der Waals surface area contributed by atoms with Crippen LogP contribution in [-0.2, 0) is 0 Å². The minimum atomic E-state index is 0.724. The molecule has 1 unspecified atom stereocenters. The summed E-state index contributed by atoms with van der Waals surface area (Å²) in [6, 6.07) is 0. The van der Waals surface area contributed by atoms with Crippen molar-refractivity contribution in [2.24, 2.45) is 5.92 Å². The lowest BCUT2D eigenvalue weighted by atomic mass is 10.0. The Morgan fingerprint density at radius 1 is 1.56 bits per heavy atom. The molecule has 0 aliphatic carbocycles. The first-order valence-corrected chi connectivity index (χ1v) is 3.80. The molecule has 9 heavy (non-hydrogen) atoms. The van der Waals surface area contributed by atoms with E-state index in [1.807, 2.05) is 0 Å². The predicted octanol–water partition coefficient (Wildman–Crippen LogP) is 2.85. The normalized spacial score (nSPS) is 13.1. The number of hydrogen-bond donors (Lipinski definition) is 1. The Labute approximate surface area is 58.0 Å². The van der Waals surface area contributed by atoms with Gasteiger partial charge < -0.3 is 5.41 Å². The zero-order valence-electron chi connectivity index (χ0n) is 6.48. The Balaban J connectivity index is 3.04. The van der Waals surface area contributed by atoms with Gasteiger partial charge in [-0.25, -0.2) is 0 Å². The zero-order valence-corrected chi connectivity index (χ0v) is 6.48. The Kier molecular flexibility index (Phi) is 5.59. The summed E-state index contributed by atoms with van der Waals surface area (Å²) in [5, 5.41) is 6.84. The van der Waals surface area contributed by atoms with Crippen LogP contribution in [0.25, 0.3) is 0 Å². The van der Waals surface area contributed by atoms with Crippen LogP contribution in [0.4, 0.5) is 0 Å². The maximum absolute atomic E-state index is 6.84. The zero-order chi connectivity index (χ0) is 7.11. The summed E-state index contributed by atoms with van der Waals surface area (Å²) >= 11 is 0. The van der Waals surface area contributed by atoms with Crippen molar-refractivity contribution in [3.8, 4) is 0 Å². The van der Waals surface area contributed by atoms with Crippen molar-refractivity contribution in [2.75, 3.05) is 0 Å². The number of unbranched alkanes of at least 4 members (excludes halogenated alkanes) is 1. The molecule has 0 radical (unpaired) electrons. The maximum atomic E-state index is 6.84. The minimum Gasteiger partial charge on any atom is -0.313 e. The van der Waals surface area contributed by atoms with Gasteiger partial charge in [0.25, 0.3) is 0 Å². The van der Waals surface area contributed by atoms with Crippen molar-refractivity contribution in [1.82, 2.24) is 0 Å². The smallest absolute Gasteiger partial charge is 0.00451 e. The molecule has 0 saturated heterocycles. The first-order valence-electron chi connectivity index (χ1n) is 3.80. The van der Waals surface area contributed by atoms with E-state index in [4.69, 9.17) is 5.41 Å². The Hall–Kier alpha value is -0.330. The SMILES string of the molecule is CCCCC(C)CC=N. The molecule has 0 aromatic carbocycles. The lowest BCUT2D eigenvalue weighted by molar-refractivity contribution is 0.525. The van der Waals surface area contributed by atoms with Gasteiger partial charge in [0.05, 0.1) is 0 Å². The Morgan fingerprint density at radius 3 is 2.67 bits per heavy atom. The fourth-order valence-electron chi connectivity index (χ4n) is 0.872. The van der Waals surface area contributed by atoms with Crippen LogP contribution in [0.1, 0.15) is 39.5 Å². The number of nitrogens with one attached hydrogen (secondary N) is 1. The van der Waals surface area contributed by atoms with Crippen molar-refractivity contribution in [2.45, 2.75) is 39.5 Å². The molecule has 0 aromatic heterocycles. The second-order valence-corrected chi connectivity index (χ2v) is 2.69. The summed E-state index contributed by atoms with van der Waals surface area (Å²) in [5.41, 5.74) is 0. The monoisotopic (exact) mass is 127 g/mol. The standard InChI is InChI=1S/C8H17N/c1-3-4-5-8(2)6-7-9/h7-9H,3-6H2,1-2H3. The molecule has 0 amide bonds. The molecular formula is C8H17N. The first-order chi connectivity index (χ1) is 4.31. The minimum absolute atomic E-state index is 0.724. The van der Waals surface area contributed by atoms with E-state index < -0.39 is 0 Å². The van der Waals surface area contributed by atoms with E-state index in [0.717, 1.165) is 12.3 Å². The van der Waals surface area contributed by atoms with Gasteiger partial charge in [0.2, 0.25) is 0 Å². The lowest BCUT2D eigenvalue weighted by Gasteiger charge is -2.04. The predicted molar refractivity (Wildman–Crippen MR) is 42.1 cm³/mol. The van der Waals surface area contributed by atoms with Gasteiger partial charge in [-0.3, -0.25) is 0 Å². The fraction of sp³-hybridized carbons (Fsp3) is 0.875. The van der Waals surface area contributed by atoms with Crippen molar-refractivity contribution in [3.05, 3.63) is 0 Å². The largest absolute Gasteiger partial charge is 0.313 e. The summed E-state index contributed by atoms with van der Waals surface area (Å²) in [7, 11) is 0. The van der Waals surface area contributed by atoms with Crippen LogP contribution in [0.5, 0.6) is 0 Å². The third-order valence-corrected chi connectivity index (χ3v) is 1.57. The van der Waals surface area contributed by atoms with E-state index in [9.17, 15) is 0 Å². The average Bonchev–Trinajstić information content (AvgIpc) is 1.85. The molecule has 0 saturated carbocycles. The quantitative estimate of drug-likeness (QED) is 0.549. The Morgan fingerprint density at radius 2 is 2.22 bits per heavy atom. The average molecular weight is 127 g/mol. The van der Waals surface area contributed by atoms with E-state index in [1.165, 1.54) is 25.5 Å². The van der Waals surface area contributed by atoms with Gasteiger partial charge in [0.15, 0.2) is 0 Å². The topological polar surface area (TPSA) is 23.9 Å². The van der Waals surface area contributed by atoms with Crippen LogP contribution in [0.2, 0.25) is 0 Å². The van der Waals surface area contributed by atoms with Gasteiger partial charge in [-0.05, 0) is 18.6 Å². The summed E-state index contributed by atoms with van der Waals surface area (Å²) < 4.78 is 0. The molecule has 0 bridgehead atoms. The number of rotatable bonds is 5. The molecule has 0 aromatic rings. The third kappa shape index (κ3) is 5.54. The van der Waals surface area contributed by atoms with E-state index in [1.54, 1.807) is 0 Å². The highest BCUT2D eigenvalue weighted by Gasteiger charge is 1.96. The molecule has 0 aliphatic heterocycles. The molecule has 54 valence electrons. The van der Waals surface area contributed by atoms with Crippen LogP contribution < -0.4 is 0 Å². The van der Waals surface area contributed by atoms with Gasteiger partial charge in [0, 0.05) is 0 Å². The van der Waals surface area contributed by atoms with Gasteiger partial charge >= 0.3 is 0 Å². The van der Waals surface area contributed by atoms with Crippen LogP contribution in [0.3, 0.4) is 0 Å². The van der Waals surface area contributed by atoms with Gasteiger partial charge in [0.1, 0.15) is 0 Å². The van der Waals surface area contributed by atoms with E-state index >= 15 is 0 Å². The second kappa shape index (κ2) is 5.80. The highest BCUT2D eigenvalue weighted by Crippen LogP contribution is 2.09.